The molecule has 1 heterocycles. The number of nitrogens with zero attached hydrogens (tertiary/aromatic N) is 1. The van der Waals surface area contributed by atoms with Crippen LogP contribution in [0.5, 0.6) is 0 Å². The van der Waals surface area contributed by atoms with Gasteiger partial charge in [0, 0.05) is 0 Å². The van der Waals surface area contributed by atoms with Gasteiger partial charge >= 0.3 is 11.7 Å². The number of carbonyl (C=O) groups is 2. The smallest absolute Gasteiger partial charge is 0.420 e. The molecule has 2 aromatic rings. The molecule has 1 aromatic heterocycles. The fourth-order valence-electron chi connectivity index (χ4n) is 1.73. The van der Waals surface area contributed by atoms with Gasteiger partial charge in [-0.1, -0.05) is 12.1 Å². The molecule has 0 saturated carbocycles. The molecular weight excluding hydrogens is 268 g/mol. The van der Waals surface area contributed by atoms with E-state index in [4.69, 9.17) is 14.6 Å². The van der Waals surface area contributed by atoms with Crippen LogP contribution in [0.2, 0.25) is 0 Å². The van der Waals surface area contributed by atoms with Crippen molar-refractivity contribution in [3.05, 3.63) is 34.8 Å². The van der Waals surface area contributed by atoms with Crippen molar-refractivity contribution >= 4 is 23.0 Å². The van der Waals surface area contributed by atoms with Crippen LogP contribution in [0.25, 0.3) is 11.1 Å². The number of hydrogen-bond donors (Lipinski definition) is 3. The van der Waals surface area contributed by atoms with Gasteiger partial charge in [-0.3, -0.25) is 9.36 Å². The maximum atomic E-state index is 11.7. The number of nitrogens with one attached hydrogen (secondary N) is 1. The molecule has 0 aliphatic heterocycles. The zero-order valence-corrected chi connectivity index (χ0v) is 10.3. The molecule has 0 radical (unpaired) electrons. The number of oxazole rings is 1. The number of rotatable bonds is 5. The molecule has 0 bridgehead atoms. The summed E-state index contributed by atoms with van der Waals surface area (Å²) in [6.45, 7) is -1.12. The van der Waals surface area contributed by atoms with Gasteiger partial charge < -0.3 is 19.9 Å². The number of amides is 1. The van der Waals surface area contributed by atoms with Gasteiger partial charge in [-0.15, -0.1) is 0 Å². The Morgan fingerprint density at radius 3 is 2.70 bits per heavy atom. The number of aliphatic carboxylic acids is 1. The third-order valence-corrected chi connectivity index (χ3v) is 2.69. The van der Waals surface area contributed by atoms with E-state index in [9.17, 15) is 14.4 Å². The molecule has 2 rings (SSSR count). The first-order valence-corrected chi connectivity index (χ1v) is 5.74. The number of carboxylic acid groups (broad SMARTS) is 1. The van der Waals surface area contributed by atoms with Gasteiger partial charge in [0.05, 0.1) is 12.1 Å². The number of aromatic nitrogens is 1. The van der Waals surface area contributed by atoms with Crippen molar-refractivity contribution in [3.8, 4) is 0 Å². The summed E-state index contributed by atoms with van der Waals surface area (Å²) in [6, 6.07) is 5.14. The summed E-state index contributed by atoms with van der Waals surface area (Å²) in [6.07, 6.45) is 0. The molecule has 106 valence electrons. The van der Waals surface area contributed by atoms with Crippen molar-refractivity contribution in [1.82, 2.24) is 9.88 Å². The number of benzene rings is 1. The summed E-state index contributed by atoms with van der Waals surface area (Å²) in [5.41, 5.74) is 0.769. The van der Waals surface area contributed by atoms with Crippen LogP contribution in [0.4, 0.5) is 0 Å². The van der Waals surface area contributed by atoms with Crippen LogP contribution < -0.4 is 11.1 Å². The van der Waals surface area contributed by atoms with E-state index in [0.717, 1.165) is 4.57 Å². The Balaban J connectivity index is 2.20. The van der Waals surface area contributed by atoms with Crippen molar-refractivity contribution in [3.63, 3.8) is 0 Å². The van der Waals surface area contributed by atoms with E-state index in [1.807, 2.05) is 0 Å². The molecule has 8 heteroatoms. The molecule has 3 N–H and O–H groups in total. The van der Waals surface area contributed by atoms with Gasteiger partial charge in [0.1, 0.15) is 12.6 Å². The van der Waals surface area contributed by atoms with Crippen molar-refractivity contribution in [2.75, 3.05) is 6.61 Å². The molecule has 0 fully saturated rings. The van der Waals surface area contributed by atoms with Crippen molar-refractivity contribution in [1.29, 1.82) is 0 Å². The van der Waals surface area contributed by atoms with E-state index in [-0.39, 0.29) is 6.54 Å². The first kappa shape index (κ1) is 13.8. The van der Waals surface area contributed by atoms with E-state index in [1.54, 1.807) is 24.3 Å². The van der Waals surface area contributed by atoms with Gasteiger partial charge in [-0.25, -0.2) is 9.59 Å². The minimum Gasteiger partial charge on any atom is -0.480 e. The average Bonchev–Trinajstić information content (AvgIpc) is 2.72. The normalized spacial score (nSPS) is 12.2. The first-order valence-electron chi connectivity index (χ1n) is 5.74. The van der Waals surface area contributed by atoms with Crippen molar-refractivity contribution in [2.45, 2.75) is 12.6 Å². The summed E-state index contributed by atoms with van der Waals surface area (Å²) in [5.74, 6) is -2.78. The maximum Gasteiger partial charge on any atom is 0.420 e. The second-order valence-corrected chi connectivity index (χ2v) is 4.06. The highest BCUT2D eigenvalue weighted by Gasteiger charge is 2.20. The summed E-state index contributed by atoms with van der Waals surface area (Å²) in [4.78, 5) is 34.0. The SMILES string of the molecule is O=C(Cn1c(=O)oc2ccccc21)N[C@@H](CO)C(=O)O. The molecule has 1 amide bonds. The molecule has 0 aliphatic rings. The molecule has 8 nitrogen and oxygen atoms in total. The minimum atomic E-state index is -1.41. The van der Waals surface area contributed by atoms with Gasteiger partial charge in [-0.05, 0) is 12.1 Å². The highest BCUT2D eigenvalue weighted by molar-refractivity contribution is 5.84. The van der Waals surface area contributed by atoms with Crippen LogP contribution in [0.15, 0.2) is 33.5 Å². The Hall–Kier alpha value is -2.61. The number of para-hydroxylation sites is 2. The Bertz CT molecular complexity index is 701. The van der Waals surface area contributed by atoms with Gasteiger partial charge in [0.25, 0.3) is 0 Å². The van der Waals surface area contributed by atoms with Crippen LogP contribution >= 0.6 is 0 Å². The lowest BCUT2D eigenvalue weighted by Crippen LogP contribution is -2.45. The van der Waals surface area contributed by atoms with E-state index in [0.29, 0.717) is 11.1 Å². The van der Waals surface area contributed by atoms with Gasteiger partial charge in [-0.2, -0.15) is 0 Å². The lowest BCUT2D eigenvalue weighted by atomic mass is 10.3. The van der Waals surface area contributed by atoms with Crippen LogP contribution in [-0.4, -0.2) is 39.3 Å². The summed E-state index contributed by atoms with van der Waals surface area (Å²) < 4.78 is 6.02. The number of carboxylic acids is 1. The Kier molecular flexibility index (Phi) is 3.85. The second kappa shape index (κ2) is 5.57. The molecule has 0 unspecified atom stereocenters. The Labute approximate surface area is 112 Å². The minimum absolute atomic E-state index is 0.335. The molecule has 0 saturated heterocycles. The second-order valence-electron chi connectivity index (χ2n) is 4.06. The fraction of sp³-hybridized carbons (Fsp3) is 0.250. The standard InChI is InChI=1S/C12H12N2O6/c15-6-7(11(17)18)13-10(16)5-14-8-3-1-2-4-9(8)20-12(14)19/h1-4,7,15H,5-6H2,(H,13,16)(H,17,18)/t7-/m0/s1. The first-order chi connectivity index (χ1) is 9.52. The molecule has 0 spiro atoms. The Morgan fingerprint density at radius 2 is 2.05 bits per heavy atom. The maximum absolute atomic E-state index is 11.7. The summed E-state index contributed by atoms with van der Waals surface area (Å²) >= 11 is 0. The molecule has 1 atom stereocenters. The van der Waals surface area contributed by atoms with E-state index in [1.165, 1.54) is 0 Å². The van der Waals surface area contributed by atoms with Gasteiger partial charge in [0.15, 0.2) is 5.58 Å². The quantitative estimate of drug-likeness (QED) is 0.656. The van der Waals surface area contributed by atoms with Crippen molar-refractivity contribution in [2.24, 2.45) is 0 Å². The molecule has 0 aliphatic carbocycles. The van der Waals surface area contributed by atoms with Crippen molar-refractivity contribution < 1.29 is 24.2 Å². The van der Waals surface area contributed by atoms with Gasteiger partial charge in [0.2, 0.25) is 5.91 Å². The fourth-order valence-corrected chi connectivity index (χ4v) is 1.73. The van der Waals surface area contributed by atoms with E-state index < -0.39 is 30.3 Å². The van der Waals surface area contributed by atoms with Crippen LogP contribution in [0.3, 0.4) is 0 Å². The number of fused-ring (bicyclic) bond motifs is 1. The molecule has 20 heavy (non-hydrogen) atoms. The van der Waals surface area contributed by atoms with Crippen LogP contribution in [0.1, 0.15) is 0 Å². The zero-order valence-electron chi connectivity index (χ0n) is 10.3. The lowest BCUT2D eigenvalue weighted by molar-refractivity contribution is -0.143. The molecule has 1 aromatic carbocycles. The predicted octanol–water partition coefficient (Wildman–Crippen LogP) is -0.844. The number of carbonyl (C=O) groups excluding carboxylic acids is 1. The summed E-state index contributed by atoms with van der Waals surface area (Å²) in [7, 11) is 0. The topological polar surface area (TPSA) is 122 Å². The lowest BCUT2D eigenvalue weighted by Gasteiger charge is -2.11. The zero-order chi connectivity index (χ0) is 14.7. The predicted molar refractivity (Wildman–Crippen MR) is 67.1 cm³/mol. The third kappa shape index (κ3) is 2.69. The molecular formula is C12H12N2O6. The van der Waals surface area contributed by atoms with E-state index in [2.05, 4.69) is 5.32 Å². The number of hydrogen-bond acceptors (Lipinski definition) is 5. The van der Waals surface area contributed by atoms with Crippen LogP contribution in [0, 0.1) is 0 Å². The number of aliphatic hydroxyl groups is 1. The van der Waals surface area contributed by atoms with E-state index >= 15 is 0 Å². The Morgan fingerprint density at radius 1 is 1.35 bits per heavy atom. The monoisotopic (exact) mass is 280 g/mol. The number of aliphatic hydroxyl groups excluding tert-OH is 1. The largest absolute Gasteiger partial charge is 0.480 e. The van der Waals surface area contributed by atoms with Crippen LogP contribution in [-0.2, 0) is 16.1 Å². The highest BCUT2D eigenvalue weighted by Crippen LogP contribution is 2.11. The highest BCUT2D eigenvalue weighted by atomic mass is 16.4. The average molecular weight is 280 g/mol. The summed E-state index contributed by atoms with van der Waals surface area (Å²) in [5, 5.41) is 19.6. The third-order valence-electron chi connectivity index (χ3n) is 2.69.